The van der Waals surface area contributed by atoms with Crippen molar-refractivity contribution in [3.05, 3.63) is 60.2 Å². The monoisotopic (exact) mass is 462 g/mol. The zero-order valence-corrected chi connectivity index (χ0v) is 21.7. The zero-order valence-electron chi connectivity index (χ0n) is 18.7. The van der Waals surface area contributed by atoms with E-state index in [1.54, 1.807) is 44.2 Å². The number of fused-ring (bicyclic) bond motifs is 2. The third-order valence-electron chi connectivity index (χ3n) is 6.66. The second-order valence-electron chi connectivity index (χ2n) is 8.38. The Morgan fingerprint density at radius 1 is 1.03 bits per heavy atom. The van der Waals surface area contributed by atoms with Gasteiger partial charge < -0.3 is 6.74 Å². The minimum atomic E-state index is -2.23. The van der Waals surface area contributed by atoms with E-state index in [0.29, 0.717) is 23.8 Å². The van der Waals surface area contributed by atoms with Crippen molar-refractivity contribution < 1.29 is 76.6 Å². The van der Waals surface area contributed by atoms with Crippen LogP contribution in [0.15, 0.2) is 54.6 Å². The first-order valence-corrected chi connectivity index (χ1v) is 11.0. The molecule has 2 fully saturated rings. The fraction of sp³-hybridized carbons (Fsp3) is 0.304. The van der Waals surface area contributed by atoms with E-state index in [4.69, 9.17) is 0 Å². The molecule has 0 heterocycles. The van der Waals surface area contributed by atoms with Crippen molar-refractivity contribution in [1.82, 2.24) is 0 Å². The summed E-state index contributed by atoms with van der Waals surface area (Å²) in [5, 5.41) is 3.19. The molecule has 3 unspecified atom stereocenters. The number of anilines is 1. The SMILES string of the molecule is CC1(C)C2CCC1(C(=O)Nc1ccc(C(=O)[P+](=O)c3ccccc3)cc1)C(=O)C2=O.[H-].[K+]. The van der Waals surface area contributed by atoms with Crippen molar-refractivity contribution in [2.24, 2.45) is 16.7 Å². The number of nitrogens with one attached hydrogen (secondary N) is 1. The first kappa shape index (κ1) is 24.3. The first-order chi connectivity index (χ1) is 14.2. The van der Waals surface area contributed by atoms with Crippen LogP contribution in [0.1, 0.15) is 38.5 Å². The van der Waals surface area contributed by atoms with Crippen molar-refractivity contribution in [2.45, 2.75) is 26.7 Å². The first-order valence-electron chi connectivity index (χ1n) is 9.77. The molecule has 2 saturated carbocycles. The van der Waals surface area contributed by atoms with Crippen LogP contribution < -0.4 is 62.0 Å². The van der Waals surface area contributed by atoms with Crippen LogP contribution in [0.2, 0.25) is 0 Å². The summed E-state index contributed by atoms with van der Waals surface area (Å²) in [4.78, 5) is 50.4. The Balaban J connectivity index is 0.00000181. The average Bonchev–Trinajstić information content (AvgIpc) is 3.10. The molecule has 2 aromatic rings. The molecule has 3 atom stereocenters. The summed E-state index contributed by atoms with van der Waals surface area (Å²) >= 11 is 0. The molecule has 154 valence electrons. The molecule has 8 heteroatoms. The molecule has 4 rings (SSSR count). The molecule has 1 N–H and O–H groups in total. The van der Waals surface area contributed by atoms with Gasteiger partial charge in [0.15, 0.2) is 5.30 Å². The molecule has 0 spiro atoms. The van der Waals surface area contributed by atoms with Gasteiger partial charge in [-0.15, -0.1) is 0 Å². The summed E-state index contributed by atoms with van der Waals surface area (Å²) in [5.74, 6) is -1.95. The van der Waals surface area contributed by atoms with E-state index in [-0.39, 0.29) is 58.4 Å². The molecule has 0 saturated heterocycles. The minimum Gasteiger partial charge on any atom is -1.00 e. The smallest absolute Gasteiger partial charge is 1.00 e. The van der Waals surface area contributed by atoms with E-state index >= 15 is 0 Å². The molecule has 2 aliphatic rings. The van der Waals surface area contributed by atoms with E-state index in [2.05, 4.69) is 5.32 Å². The van der Waals surface area contributed by atoms with Crippen molar-refractivity contribution in [2.75, 3.05) is 5.32 Å². The molecule has 0 radical (unpaired) electrons. The summed E-state index contributed by atoms with van der Waals surface area (Å²) < 4.78 is 12.5. The molecule has 31 heavy (non-hydrogen) atoms. The third kappa shape index (κ3) is 3.75. The van der Waals surface area contributed by atoms with Crippen LogP contribution in [0, 0.1) is 16.7 Å². The zero-order chi connectivity index (χ0) is 21.7. The van der Waals surface area contributed by atoms with Crippen LogP contribution in [0.4, 0.5) is 5.69 Å². The molecule has 6 nitrogen and oxygen atoms in total. The molecule has 2 aromatic carbocycles. The molecular weight excluding hydrogens is 440 g/mol. The van der Waals surface area contributed by atoms with Crippen LogP contribution in [0.3, 0.4) is 0 Å². The van der Waals surface area contributed by atoms with Gasteiger partial charge in [-0.25, -0.2) is 4.79 Å². The maximum atomic E-state index is 13.1. The Morgan fingerprint density at radius 2 is 1.65 bits per heavy atom. The number of hydrogen-bond donors (Lipinski definition) is 1. The Kier molecular flexibility index (Phi) is 6.97. The molecule has 2 bridgehead atoms. The van der Waals surface area contributed by atoms with Gasteiger partial charge in [0.05, 0.1) is 5.56 Å². The quantitative estimate of drug-likeness (QED) is 0.304. The third-order valence-corrected chi connectivity index (χ3v) is 8.05. The summed E-state index contributed by atoms with van der Waals surface area (Å²) in [5.41, 5.74) is -1.89. The van der Waals surface area contributed by atoms with E-state index in [0.717, 1.165) is 0 Å². The van der Waals surface area contributed by atoms with Crippen LogP contribution in [0.5, 0.6) is 0 Å². The van der Waals surface area contributed by atoms with Crippen LogP contribution >= 0.6 is 7.80 Å². The van der Waals surface area contributed by atoms with Gasteiger partial charge in [-0.2, -0.15) is 0 Å². The van der Waals surface area contributed by atoms with Gasteiger partial charge in [-0.1, -0.05) is 36.6 Å². The van der Waals surface area contributed by atoms with Crippen LogP contribution in [-0.2, 0) is 18.9 Å². The summed E-state index contributed by atoms with van der Waals surface area (Å²) in [6.45, 7) is 3.60. The number of ketones is 2. The van der Waals surface area contributed by atoms with Gasteiger partial charge in [0.25, 0.3) is 0 Å². The van der Waals surface area contributed by atoms with Crippen molar-refractivity contribution in [3.63, 3.8) is 0 Å². The summed E-state index contributed by atoms with van der Waals surface area (Å²) in [6.07, 6.45) is 0.889. The van der Waals surface area contributed by atoms with Gasteiger partial charge in [0.2, 0.25) is 17.5 Å². The van der Waals surface area contributed by atoms with Crippen molar-refractivity contribution in [3.8, 4) is 0 Å². The molecule has 2 aliphatic carbocycles. The predicted octanol–water partition coefficient (Wildman–Crippen LogP) is 0.609. The maximum Gasteiger partial charge on any atom is 1.00 e. The number of Topliss-reactive ketones (excluding diaryl/α,β-unsaturated/α-hetero) is 2. The Labute approximate surface area is 225 Å². The van der Waals surface area contributed by atoms with Gasteiger partial charge in [-0.05, 0) is 54.7 Å². The topological polar surface area (TPSA) is 97.4 Å². The van der Waals surface area contributed by atoms with E-state index in [1.807, 2.05) is 0 Å². The Hall–Kier alpha value is -1.34. The number of benzene rings is 2. The number of carbonyl (C=O) groups excluding carboxylic acids is 4. The van der Waals surface area contributed by atoms with E-state index < -0.39 is 47.5 Å². The molecular formula is C23H22KNO5P+. The second-order valence-corrected chi connectivity index (χ2v) is 9.89. The number of hydrogen-bond acceptors (Lipinski definition) is 5. The van der Waals surface area contributed by atoms with Gasteiger partial charge in [0, 0.05) is 11.6 Å². The number of carbonyl (C=O) groups is 4. The summed E-state index contributed by atoms with van der Waals surface area (Å²) in [7, 11) is -2.23. The second kappa shape index (κ2) is 8.89. The van der Waals surface area contributed by atoms with E-state index in [9.17, 15) is 23.7 Å². The normalized spacial score (nSPS) is 23.8. The van der Waals surface area contributed by atoms with Crippen LogP contribution in [-0.4, -0.2) is 23.0 Å². The largest absolute Gasteiger partial charge is 1.00 e. The predicted molar refractivity (Wildman–Crippen MR) is 113 cm³/mol. The molecule has 0 aliphatic heterocycles. The van der Waals surface area contributed by atoms with Gasteiger partial charge in [0.1, 0.15) is 5.41 Å². The Morgan fingerprint density at radius 3 is 2.19 bits per heavy atom. The van der Waals surface area contributed by atoms with Gasteiger partial charge in [-0.3, -0.25) is 14.4 Å². The average molecular weight is 463 g/mol. The number of amides is 1. The van der Waals surface area contributed by atoms with E-state index in [1.165, 1.54) is 24.3 Å². The van der Waals surface area contributed by atoms with Crippen molar-refractivity contribution in [1.29, 1.82) is 0 Å². The maximum absolute atomic E-state index is 13.1. The van der Waals surface area contributed by atoms with Gasteiger partial charge >= 0.3 is 64.7 Å². The van der Waals surface area contributed by atoms with Crippen molar-refractivity contribution >= 4 is 41.8 Å². The molecule has 1 amide bonds. The standard InChI is InChI=1S/C23H20NO5P.K.H/c1-22(2)17-12-13-23(22,19(26)18(17)25)21(28)24-15-10-8-14(9-11-15)20(27)30(29)16-6-4-3-5-7-16;;/h3-11,17H,12-13H2,1-2H3;;/q;+1;-1/p+1. The molecule has 0 aromatic heterocycles. The van der Waals surface area contributed by atoms with Crippen LogP contribution in [0.25, 0.3) is 0 Å². The number of rotatable bonds is 5. The Bertz CT molecular complexity index is 1100. The fourth-order valence-corrected chi connectivity index (χ4v) is 5.88. The fourth-order valence-electron chi connectivity index (χ4n) is 4.82. The minimum absolute atomic E-state index is 0. The summed E-state index contributed by atoms with van der Waals surface area (Å²) in [6, 6.07) is 14.6.